The average Bonchev–Trinajstić information content (AvgIpc) is 3.64. The first-order chi connectivity index (χ1) is 42.1. The second-order valence-electron chi connectivity index (χ2n) is 25.9. The molecule has 0 radical (unpaired) electrons. The van der Waals surface area contributed by atoms with Crippen LogP contribution in [0.2, 0.25) is 0 Å². The minimum Gasteiger partial charge on any atom is -0.545 e. The maximum absolute atomic E-state index is 12.9. The Hall–Kier alpha value is -3.27. The summed E-state index contributed by atoms with van der Waals surface area (Å²) in [5.41, 5.74) is 0. The molecular weight excluding hydrogens is 1070 g/mol. The van der Waals surface area contributed by atoms with Crippen LogP contribution in [0.1, 0.15) is 341 Å². The van der Waals surface area contributed by atoms with Crippen molar-refractivity contribution in [1.82, 2.24) is 0 Å². The first kappa shape index (κ1) is 82.7. The predicted octanol–water partition coefficient (Wildman–Crippen LogP) is 21.5. The van der Waals surface area contributed by atoms with E-state index < -0.39 is 24.3 Å². The fraction of sp³-hybridized carbons (Fsp3) is 0.805. The molecule has 0 aromatic carbocycles. The van der Waals surface area contributed by atoms with Crippen LogP contribution in [0.25, 0.3) is 0 Å². The maximum atomic E-state index is 12.9. The second kappa shape index (κ2) is 67.7. The van der Waals surface area contributed by atoms with E-state index in [9.17, 15) is 19.5 Å². The molecule has 0 aliphatic carbocycles. The van der Waals surface area contributed by atoms with Gasteiger partial charge in [-0.25, -0.2) is 0 Å². The molecule has 0 aromatic heterocycles. The van der Waals surface area contributed by atoms with Crippen LogP contribution in [0.5, 0.6) is 0 Å². The van der Waals surface area contributed by atoms with Crippen LogP contribution in [-0.4, -0.2) is 82.3 Å². The lowest BCUT2D eigenvalue weighted by Crippen LogP contribution is -2.44. The molecule has 0 heterocycles. The number of carboxylic acids is 1. The third kappa shape index (κ3) is 68.2. The Kier molecular flexibility index (Phi) is 65.1. The van der Waals surface area contributed by atoms with E-state index in [1.807, 2.05) is 21.1 Å². The highest BCUT2D eigenvalue weighted by Crippen LogP contribution is 2.19. The van der Waals surface area contributed by atoms with Crippen molar-refractivity contribution >= 4 is 17.9 Å². The number of ether oxygens (including phenoxy) is 4. The number of allylic oxidation sites excluding steroid dienone is 12. The van der Waals surface area contributed by atoms with Gasteiger partial charge in [-0.3, -0.25) is 9.59 Å². The van der Waals surface area contributed by atoms with Crippen molar-refractivity contribution in [2.24, 2.45) is 0 Å². The molecule has 0 rings (SSSR count). The fourth-order valence-corrected chi connectivity index (χ4v) is 10.7. The summed E-state index contributed by atoms with van der Waals surface area (Å²) < 4.78 is 22.8. The molecule has 0 aliphatic rings. The van der Waals surface area contributed by atoms with E-state index in [-0.39, 0.29) is 32.2 Å². The quantitative estimate of drug-likeness (QED) is 0.0195. The van der Waals surface area contributed by atoms with Gasteiger partial charge in [-0.1, -0.05) is 337 Å². The Labute approximate surface area is 532 Å². The van der Waals surface area contributed by atoms with Crippen molar-refractivity contribution in [1.29, 1.82) is 0 Å². The molecule has 2 unspecified atom stereocenters. The highest BCUT2D eigenvalue weighted by molar-refractivity contribution is 5.70. The number of rotatable bonds is 68. The predicted molar refractivity (Wildman–Crippen MR) is 366 cm³/mol. The normalized spacial score (nSPS) is 13.1. The van der Waals surface area contributed by atoms with Crippen LogP contribution in [0.3, 0.4) is 0 Å². The third-order valence-corrected chi connectivity index (χ3v) is 16.2. The summed E-state index contributed by atoms with van der Waals surface area (Å²) in [5.74, 6) is -2.27. The second-order valence-corrected chi connectivity index (χ2v) is 25.9. The first-order valence-electron chi connectivity index (χ1n) is 36.6. The van der Waals surface area contributed by atoms with Gasteiger partial charge in [0.25, 0.3) is 0 Å². The van der Waals surface area contributed by atoms with Crippen LogP contribution < -0.4 is 5.11 Å². The Bertz CT molecular complexity index is 1640. The molecule has 0 N–H and O–H groups in total. The molecule has 0 aliphatic heterocycles. The van der Waals surface area contributed by atoms with Gasteiger partial charge in [0, 0.05) is 12.8 Å². The van der Waals surface area contributed by atoms with Crippen LogP contribution in [0.15, 0.2) is 72.9 Å². The van der Waals surface area contributed by atoms with E-state index in [4.69, 9.17) is 18.9 Å². The summed E-state index contributed by atoms with van der Waals surface area (Å²) in [6.45, 7) is 4.68. The standard InChI is InChI=1S/C77H139NO8/c1-6-8-10-12-14-16-18-20-22-24-26-28-30-32-34-36-37-38-40-41-43-45-47-49-51-53-55-57-59-61-63-65-67-74(79)84-71-73(72-85-77(76(81)82)83-70-69-78(3,4)5)86-75(80)68-66-64-62-60-58-56-54-52-50-48-46-44-42-39-35-33-31-29-27-25-23-21-19-17-15-13-11-9-7-2/h9,11,15,17,21,23,27,29,33,35,42,44,73,77H,6-8,10,12-14,16,18-20,22,24-26,28,30-32,34,36-41,43,45-72H2,1-5H3/b11-9-,17-15-,23-21-,29-27-,35-33-,44-42-. The van der Waals surface area contributed by atoms with E-state index >= 15 is 0 Å². The van der Waals surface area contributed by atoms with E-state index in [0.29, 0.717) is 23.9 Å². The molecule has 0 bridgehead atoms. The molecule has 9 heteroatoms. The zero-order valence-corrected chi connectivity index (χ0v) is 57.2. The molecule has 0 spiro atoms. The van der Waals surface area contributed by atoms with Gasteiger partial charge < -0.3 is 33.3 Å². The van der Waals surface area contributed by atoms with Gasteiger partial charge in [-0.05, 0) is 64.2 Å². The lowest BCUT2D eigenvalue weighted by molar-refractivity contribution is -0.870. The zero-order chi connectivity index (χ0) is 62.6. The van der Waals surface area contributed by atoms with Gasteiger partial charge in [-0.2, -0.15) is 0 Å². The fourth-order valence-electron chi connectivity index (χ4n) is 10.7. The number of carbonyl (C=O) groups is 3. The summed E-state index contributed by atoms with van der Waals surface area (Å²) in [4.78, 5) is 37.5. The SMILES string of the molecule is CC/C=C\C/C=C\C/C=C\C/C=C\C/C=C\C/C=C\CCCCCCCCCCCCC(=O)OC(COC(=O)CCCCCCCCCCCCCCCCCCCCCCCCCCCCCCCCCC)COC(OCC[N+](C)(C)C)C(=O)[O-]. The molecule has 0 saturated heterocycles. The minimum atomic E-state index is -1.63. The number of unbranched alkanes of at least 4 members (excludes halogenated alkanes) is 41. The number of quaternary nitrogens is 1. The van der Waals surface area contributed by atoms with Gasteiger partial charge in [0.1, 0.15) is 13.2 Å². The highest BCUT2D eigenvalue weighted by atomic mass is 16.7. The Morgan fingerprint density at radius 1 is 0.360 bits per heavy atom. The van der Waals surface area contributed by atoms with Crippen LogP contribution in [0, 0.1) is 0 Å². The highest BCUT2D eigenvalue weighted by Gasteiger charge is 2.22. The van der Waals surface area contributed by atoms with Crippen LogP contribution >= 0.6 is 0 Å². The van der Waals surface area contributed by atoms with Gasteiger partial charge in [-0.15, -0.1) is 0 Å². The van der Waals surface area contributed by atoms with E-state index in [1.54, 1.807) is 0 Å². The Balaban J connectivity index is 4.07. The summed E-state index contributed by atoms with van der Waals surface area (Å²) >= 11 is 0. The number of hydrogen-bond donors (Lipinski definition) is 0. The molecule has 500 valence electrons. The van der Waals surface area contributed by atoms with Crippen molar-refractivity contribution in [2.75, 3.05) is 47.5 Å². The summed E-state index contributed by atoms with van der Waals surface area (Å²) in [5, 5.41) is 11.8. The maximum Gasteiger partial charge on any atom is 0.306 e. The van der Waals surface area contributed by atoms with Crippen LogP contribution in [-0.2, 0) is 33.3 Å². The summed E-state index contributed by atoms with van der Waals surface area (Å²) in [7, 11) is 5.94. The average molecular weight is 1210 g/mol. The molecular formula is C77H139NO8. The number of carbonyl (C=O) groups excluding carboxylic acids is 3. The molecule has 2 atom stereocenters. The van der Waals surface area contributed by atoms with E-state index in [0.717, 1.165) is 83.5 Å². The lowest BCUT2D eigenvalue weighted by Gasteiger charge is -2.26. The third-order valence-electron chi connectivity index (χ3n) is 16.2. The number of aliphatic carboxylic acids is 1. The van der Waals surface area contributed by atoms with E-state index in [1.165, 1.54) is 225 Å². The number of likely N-dealkylation sites (N-methyl/N-ethyl adjacent to an activating group) is 1. The zero-order valence-electron chi connectivity index (χ0n) is 57.2. The lowest BCUT2D eigenvalue weighted by atomic mass is 10.0. The van der Waals surface area contributed by atoms with Gasteiger partial charge in [0.05, 0.1) is 40.3 Å². The van der Waals surface area contributed by atoms with Crippen molar-refractivity contribution < 1.29 is 42.9 Å². The first-order valence-corrected chi connectivity index (χ1v) is 36.6. The number of carboxylic acid groups (broad SMARTS) is 1. The number of nitrogens with zero attached hydrogens (tertiary/aromatic N) is 1. The smallest absolute Gasteiger partial charge is 0.306 e. The van der Waals surface area contributed by atoms with Gasteiger partial charge in [0.2, 0.25) is 0 Å². The van der Waals surface area contributed by atoms with Crippen molar-refractivity contribution in [3.8, 4) is 0 Å². The van der Waals surface area contributed by atoms with E-state index in [2.05, 4.69) is 86.8 Å². The van der Waals surface area contributed by atoms with Crippen molar-refractivity contribution in [3.05, 3.63) is 72.9 Å². The van der Waals surface area contributed by atoms with Gasteiger partial charge in [0.15, 0.2) is 12.4 Å². The molecule has 0 fully saturated rings. The van der Waals surface area contributed by atoms with Gasteiger partial charge >= 0.3 is 11.9 Å². The Morgan fingerprint density at radius 2 is 0.663 bits per heavy atom. The molecule has 0 saturated carbocycles. The molecule has 86 heavy (non-hydrogen) atoms. The largest absolute Gasteiger partial charge is 0.545 e. The minimum absolute atomic E-state index is 0.146. The topological polar surface area (TPSA) is 111 Å². The number of esters is 2. The summed E-state index contributed by atoms with van der Waals surface area (Å²) in [6.07, 6.45) is 87.1. The molecule has 9 nitrogen and oxygen atoms in total. The summed E-state index contributed by atoms with van der Waals surface area (Å²) in [6, 6.07) is 0. The monoisotopic (exact) mass is 1210 g/mol. The van der Waals surface area contributed by atoms with Crippen LogP contribution in [0.4, 0.5) is 0 Å². The van der Waals surface area contributed by atoms with Crippen molar-refractivity contribution in [2.45, 2.75) is 354 Å². The van der Waals surface area contributed by atoms with Crippen molar-refractivity contribution in [3.63, 3.8) is 0 Å². The molecule has 0 amide bonds. The molecule has 0 aromatic rings. The Morgan fingerprint density at radius 3 is 0.988 bits per heavy atom. The number of hydrogen-bond acceptors (Lipinski definition) is 8.